The number of aliphatic carboxylic acids is 1. The average Bonchev–Trinajstić information content (AvgIpc) is 2.58. The molecule has 1 saturated heterocycles. The molecule has 1 aliphatic rings. The molecule has 0 bridgehead atoms. The van der Waals surface area contributed by atoms with E-state index in [1.807, 2.05) is 24.3 Å². The Kier molecular flexibility index (Phi) is 5.34. The number of likely N-dealkylation sites (tertiary alicyclic amines) is 1. The maximum atomic E-state index is 13.2. The van der Waals surface area contributed by atoms with E-state index in [2.05, 4.69) is 11.8 Å². The van der Waals surface area contributed by atoms with Crippen LogP contribution >= 0.6 is 0 Å². The lowest BCUT2D eigenvalue weighted by Crippen LogP contribution is -2.43. The molecule has 0 aromatic heterocycles. The second-order valence-electron chi connectivity index (χ2n) is 6.59. The fourth-order valence-electron chi connectivity index (χ4n) is 3.17. The molecule has 1 fully saturated rings. The minimum atomic E-state index is -0.712. The second kappa shape index (κ2) is 7.66. The van der Waals surface area contributed by atoms with E-state index in [0.29, 0.717) is 30.6 Å². The second-order valence-corrected chi connectivity index (χ2v) is 6.59. The van der Waals surface area contributed by atoms with E-state index in [4.69, 9.17) is 4.74 Å². The van der Waals surface area contributed by atoms with Crippen molar-refractivity contribution in [1.82, 2.24) is 4.90 Å². The standard InChI is InChI=1S/C20H22FNO3/c1-14-5-8-16(20(23)24)13-22(14)12-15-6-9-18(10-7-15)25-19-4-2-3-17(21)11-19/h2-4,6-7,9-11,14,16H,5,8,12-13H2,1H3,(H,23,24). The number of ether oxygens (including phenoxy) is 1. The van der Waals surface area contributed by atoms with Crippen molar-refractivity contribution in [3.05, 3.63) is 59.9 Å². The summed E-state index contributed by atoms with van der Waals surface area (Å²) in [6, 6.07) is 14.0. The molecule has 1 heterocycles. The van der Waals surface area contributed by atoms with Gasteiger partial charge in [0, 0.05) is 25.2 Å². The molecule has 1 N–H and O–H groups in total. The van der Waals surface area contributed by atoms with Gasteiger partial charge in [-0.05, 0) is 49.6 Å². The highest BCUT2D eigenvalue weighted by Crippen LogP contribution is 2.26. The highest BCUT2D eigenvalue weighted by molar-refractivity contribution is 5.70. The van der Waals surface area contributed by atoms with Crippen molar-refractivity contribution in [2.75, 3.05) is 6.54 Å². The van der Waals surface area contributed by atoms with Crippen LogP contribution in [0.5, 0.6) is 11.5 Å². The molecular weight excluding hydrogens is 321 g/mol. The quantitative estimate of drug-likeness (QED) is 0.879. The number of hydrogen-bond donors (Lipinski definition) is 1. The van der Waals surface area contributed by atoms with Gasteiger partial charge in [0.1, 0.15) is 17.3 Å². The molecule has 4 nitrogen and oxygen atoms in total. The zero-order valence-corrected chi connectivity index (χ0v) is 14.2. The Balaban J connectivity index is 1.63. The fraction of sp³-hybridized carbons (Fsp3) is 0.350. The maximum Gasteiger partial charge on any atom is 0.307 e. The van der Waals surface area contributed by atoms with Crippen LogP contribution in [0.2, 0.25) is 0 Å². The summed E-state index contributed by atoms with van der Waals surface area (Å²) < 4.78 is 18.8. The summed E-state index contributed by atoms with van der Waals surface area (Å²) in [6.45, 7) is 3.43. The molecule has 0 spiro atoms. The van der Waals surface area contributed by atoms with Crippen molar-refractivity contribution < 1.29 is 19.0 Å². The van der Waals surface area contributed by atoms with Crippen molar-refractivity contribution in [1.29, 1.82) is 0 Å². The molecule has 0 aliphatic carbocycles. The number of carboxylic acid groups (broad SMARTS) is 1. The molecule has 3 rings (SSSR count). The molecule has 25 heavy (non-hydrogen) atoms. The lowest BCUT2D eigenvalue weighted by molar-refractivity contribution is -0.144. The van der Waals surface area contributed by atoms with Crippen molar-refractivity contribution in [3.8, 4) is 11.5 Å². The van der Waals surface area contributed by atoms with Crippen LogP contribution in [0.3, 0.4) is 0 Å². The number of benzene rings is 2. The third-order valence-corrected chi connectivity index (χ3v) is 4.70. The number of carbonyl (C=O) groups is 1. The third-order valence-electron chi connectivity index (χ3n) is 4.70. The molecule has 2 aromatic carbocycles. The summed E-state index contributed by atoms with van der Waals surface area (Å²) in [6.07, 6.45) is 1.64. The van der Waals surface area contributed by atoms with Crippen LogP contribution in [0.1, 0.15) is 25.3 Å². The van der Waals surface area contributed by atoms with Gasteiger partial charge in [0.2, 0.25) is 0 Å². The predicted molar refractivity (Wildman–Crippen MR) is 93.1 cm³/mol. The molecule has 0 radical (unpaired) electrons. The minimum Gasteiger partial charge on any atom is -0.481 e. The van der Waals surface area contributed by atoms with Gasteiger partial charge in [0.25, 0.3) is 0 Å². The van der Waals surface area contributed by atoms with Gasteiger partial charge in [-0.1, -0.05) is 18.2 Å². The van der Waals surface area contributed by atoms with Crippen LogP contribution in [0.4, 0.5) is 4.39 Å². The van der Waals surface area contributed by atoms with E-state index < -0.39 is 5.97 Å². The van der Waals surface area contributed by atoms with Crippen LogP contribution in [-0.4, -0.2) is 28.6 Å². The van der Waals surface area contributed by atoms with E-state index in [1.165, 1.54) is 12.1 Å². The Labute approximate surface area is 146 Å². The monoisotopic (exact) mass is 343 g/mol. The SMILES string of the molecule is CC1CCC(C(=O)O)CN1Cc1ccc(Oc2cccc(F)c2)cc1. The van der Waals surface area contributed by atoms with E-state index in [1.54, 1.807) is 12.1 Å². The van der Waals surface area contributed by atoms with Gasteiger partial charge in [-0.25, -0.2) is 4.39 Å². The van der Waals surface area contributed by atoms with Gasteiger partial charge in [-0.3, -0.25) is 9.69 Å². The highest BCUT2D eigenvalue weighted by Gasteiger charge is 2.29. The molecule has 2 unspecified atom stereocenters. The largest absolute Gasteiger partial charge is 0.481 e. The number of halogens is 1. The highest BCUT2D eigenvalue weighted by atomic mass is 19.1. The summed E-state index contributed by atoms with van der Waals surface area (Å²) in [5.41, 5.74) is 1.10. The normalized spacial score (nSPS) is 21.0. The Morgan fingerprint density at radius 1 is 1.20 bits per heavy atom. The first-order chi connectivity index (χ1) is 12.0. The molecule has 1 aliphatic heterocycles. The zero-order chi connectivity index (χ0) is 17.8. The molecule has 5 heteroatoms. The Hall–Kier alpha value is -2.40. The van der Waals surface area contributed by atoms with Crippen LogP contribution in [0.15, 0.2) is 48.5 Å². The maximum absolute atomic E-state index is 13.2. The first-order valence-corrected chi connectivity index (χ1v) is 8.50. The fourth-order valence-corrected chi connectivity index (χ4v) is 3.17. The van der Waals surface area contributed by atoms with Crippen LogP contribution in [-0.2, 0) is 11.3 Å². The number of carboxylic acids is 1. The topological polar surface area (TPSA) is 49.8 Å². The lowest BCUT2D eigenvalue weighted by Gasteiger charge is -2.36. The van der Waals surface area contributed by atoms with Crippen molar-refractivity contribution in [2.45, 2.75) is 32.4 Å². The Morgan fingerprint density at radius 3 is 2.64 bits per heavy atom. The molecule has 0 saturated carbocycles. The van der Waals surface area contributed by atoms with Gasteiger partial charge in [-0.2, -0.15) is 0 Å². The van der Waals surface area contributed by atoms with Crippen LogP contribution in [0, 0.1) is 11.7 Å². The number of hydrogen-bond acceptors (Lipinski definition) is 3. The minimum absolute atomic E-state index is 0.285. The summed E-state index contributed by atoms with van der Waals surface area (Å²) in [5, 5.41) is 9.23. The molecule has 2 aromatic rings. The van der Waals surface area contributed by atoms with Crippen molar-refractivity contribution >= 4 is 5.97 Å². The van der Waals surface area contributed by atoms with E-state index in [0.717, 1.165) is 18.4 Å². The third kappa shape index (κ3) is 4.57. The average molecular weight is 343 g/mol. The molecule has 132 valence electrons. The van der Waals surface area contributed by atoms with E-state index in [9.17, 15) is 14.3 Å². The number of piperidine rings is 1. The number of nitrogens with zero attached hydrogens (tertiary/aromatic N) is 1. The Bertz CT molecular complexity index is 732. The van der Waals surface area contributed by atoms with Crippen molar-refractivity contribution in [3.63, 3.8) is 0 Å². The molecule has 0 amide bonds. The first kappa shape index (κ1) is 17.4. The predicted octanol–water partition coefficient (Wildman–Crippen LogP) is 4.30. The van der Waals surface area contributed by atoms with Crippen LogP contribution in [0.25, 0.3) is 0 Å². The van der Waals surface area contributed by atoms with Gasteiger partial charge >= 0.3 is 5.97 Å². The molecule has 2 atom stereocenters. The summed E-state index contributed by atoms with van der Waals surface area (Å²) in [5.74, 6) is -0.227. The number of rotatable bonds is 5. The van der Waals surface area contributed by atoms with E-state index in [-0.39, 0.29) is 11.7 Å². The smallest absolute Gasteiger partial charge is 0.307 e. The van der Waals surface area contributed by atoms with Crippen molar-refractivity contribution in [2.24, 2.45) is 5.92 Å². The van der Waals surface area contributed by atoms with Gasteiger partial charge < -0.3 is 9.84 Å². The van der Waals surface area contributed by atoms with Gasteiger partial charge in [0.05, 0.1) is 5.92 Å². The first-order valence-electron chi connectivity index (χ1n) is 8.50. The van der Waals surface area contributed by atoms with Gasteiger partial charge in [0.15, 0.2) is 0 Å². The summed E-state index contributed by atoms with van der Waals surface area (Å²) in [4.78, 5) is 13.4. The molecular formula is C20H22FNO3. The summed E-state index contributed by atoms with van der Waals surface area (Å²) >= 11 is 0. The lowest BCUT2D eigenvalue weighted by atomic mass is 9.93. The van der Waals surface area contributed by atoms with Crippen LogP contribution < -0.4 is 4.74 Å². The Morgan fingerprint density at radius 2 is 1.96 bits per heavy atom. The van der Waals surface area contributed by atoms with Gasteiger partial charge in [-0.15, -0.1) is 0 Å². The zero-order valence-electron chi connectivity index (χ0n) is 14.2. The van der Waals surface area contributed by atoms with E-state index >= 15 is 0 Å². The summed E-state index contributed by atoms with van der Waals surface area (Å²) in [7, 11) is 0.